The Bertz CT molecular complexity index is 655. The van der Waals surface area contributed by atoms with Crippen LogP contribution in [0.25, 0.3) is 21.7 Å². The van der Waals surface area contributed by atoms with Crippen LogP contribution in [0.3, 0.4) is 0 Å². The number of benzene rings is 2. The molecule has 0 N–H and O–H groups in total. The van der Waals surface area contributed by atoms with E-state index in [4.69, 9.17) is 4.52 Å². The summed E-state index contributed by atoms with van der Waals surface area (Å²) in [5.74, 6) is 0. The highest BCUT2D eigenvalue weighted by molar-refractivity contribution is 6.11. The zero-order chi connectivity index (χ0) is 10.3. The zero-order valence-corrected chi connectivity index (χ0v) is 7.81. The third-order valence-corrected chi connectivity index (χ3v) is 2.50. The number of hydrogen-bond donors (Lipinski definition) is 0. The van der Waals surface area contributed by atoms with Crippen LogP contribution in [0.4, 0.5) is 0 Å². The lowest BCUT2D eigenvalue weighted by molar-refractivity contribution is 0.111. The molecule has 3 rings (SSSR count). The molecule has 3 aromatic rings. The van der Waals surface area contributed by atoms with Crippen LogP contribution in [0, 0.1) is 0 Å². The van der Waals surface area contributed by atoms with E-state index in [0.717, 1.165) is 22.4 Å². The van der Waals surface area contributed by atoms with Crippen LogP contribution in [0.5, 0.6) is 0 Å². The Morgan fingerprint density at radius 2 is 2.00 bits per heavy atom. The quantitative estimate of drug-likeness (QED) is 0.563. The van der Waals surface area contributed by atoms with Crippen molar-refractivity contribution >= 4 is 28.0 Å². The van der Waals surface area contributed by atoms with Gasteiger partial charge in [-0.2, -0.15) is 0 Å². The number of carbonyl (C=O) groups excluding carboxylic acids is 1. The van der Waals surface area contributed by atoms with Crippen LogP contribution < -0.4 is 0 Å². The summed E-state index contributed by atoms with van der Waals surface area (Å²) in [7, 11) is 0. The van der Waals surface area contributed by atoms with Crippen LogP contribution in [-0.2, 0) is 0 Å². The van der Waals surface area contributed by atoms with Gasteiger partial charge in [-0.05, 0) is 16.8 Å². The van der Waals surface area contributed by atoms with Crippen molar-refractivity contribution in [2.75, 3.05) is 0 Å². The maximum Gasteiger partial charge on any atom is 0.172 e. The van der Waals surface area contributed by atoms with Crippen molar-refractivity contribution in [1.82, 2.24) is 5.16 Å². The largest absolute Gasteiger partial charge is 0.356 e. The minimum absolute atomic E-state index is 0.363. The van der Waals surface area contributed by atoms with Crippen molar-refractivity contribution < 1.29 is 9.32 Å². The van der Waals surface area contributed by atoms with Crippen molar-refractivity contribution in [1.29, 1.82) is 0 Å². The first kappa shape index (κ1) is 8.17. The fraction of sp³-hybridized carbons (Fsp3) is 0. The van der Waals surface area contributed by atoms with E-state index in [2.05, 4.69) is 5.16 Å². The SMILES string of the molecule is O=Cc1noc2ccc3ccccc3c12. The van der Waals surface area contributed by atoms with Crippen molar-refractivity contribution in [2.24, 2.45) is 0 Å². The molecule has 0 unspecified atom stereocenters. The van der Waals surface area contributed by atoms with Gasteiger partial charge in [0.2, 0.25) is 0 Å². The van der Waals surface area contributed by atoms with E-state index in [1.165, 1.54) is 0 Å². The lowest BCUT2D eigenvalue weighted by atomic mass is 10.1. The summed E-state index contributed by atoms with van der Waals surface area (Å²) in [6, 6.07) is 11.6. The second kappa shape index (κ2) is 2.92. The maximum atomic E-state index is 10.8. The van der Waals surface area contributed by atoms with E-state index < -0.39 is 0 Å². The van der Waals surface area contributed by atoms with Gasteiger partial charge >= 0.3 is 0 Å². The fourth-order valence-corrected chi connectivity index (χ4v) is 1.82. The first-order valence-electron chi connectivity index (χ1n) is 4.62. The first-order chi connectivity index (χ1) is 7.40. The molecule has 0 spiro atoms. The molecule has 0 radical (unpaired) electrons. The summed E-state index contributed by atoms with van der Waals surface area (Å²) in [5, 5.41) is 6.59. The van der Waals surface area contributed by atoms with Gasteiger partial charge in [-0.1, -0.05) is 35.5 Å². The van der Waals surface area contributed by atoms with Gasteiger partial charge in [-0.3, -0.25) is 4.79 Å². The first-order valence-corrected chi connectivity index (χ1v) is 4.62. The number of fused-ring (bicyclic) bond motifs is 3. The van der Waals surface area contributed by atoms with E-state index >= 15 is 0 Å². The van der Waals surface area contributed by atoms with Crippen molar-refractivity contribution in [3.05, 3.63) is 42.1 Å². The van der Waals surface area contributed by atoms with Gasteiger partial charge in [-0.15, -0.1) is 0 Å². The lowest BCUT2D eigenvalue weighted by Crippen LogP contribution is -1.80. The molecule has 0 saturated heterocycles. The molecule has 0 fully saturated rings. The van der Waals surface area contributed by atoms with Gasteiger partial charge in [0.05, 0.1) is 5.39 Å². The average Bonchev–Trinajstić information content (AvgIpc) is 2.72. The predicted molar refractivity (Wildman–Crippen MR) is 56.9 cm³/mol. The zero-order valence-electron chi connectivity index (χ0n) is 7.81. The normalized spacial score (nSPS) is 10.9. The van der Waals surface area contributed by atoms with E-state index in [-0.39, 0.29) is 0 Å². The second-order valence-electron chi connectivity index (χ2n) is 3.35. The minimum atomic E-state index is 0.363. The number of aldehydes is 1. The molecule has 3 nitrogen and oxygen atoms in total. The molecule has 0 bridgehead atoms. The number of nitrogens with zero attached hydrogens (tertiary/aromatic N) is 1. The Balaban J connectivity index is 2.61. The Morgan fingerprint density at radius 1 is 1.13 bits per heavy atom. The topological polar surface area (TPSA) is 43.1 Å². The van der Waals surface area contributed by atoms with Gasteiger partial charge in [0.25, 0.3) is 0 Å². The highest BCUT2D eigenvalue weighted by Gasteiger charge is 2.09. The molecule has 15 heavy (non-hydrogen) atoms. The average molecular weight is 197 g/mol. The summed E-state index contributed by atoms with van der Waals surface area (Å²) < 4.78 is 5.07. The molecular formula is C12H7NO2. The van der Waals surface area contributed by atoms with Crippen LogP contribution >= 0.6 is 0 Å². The van der Waals surface area contributed by atoms with Crippen molar-refractivity contribution in [3.8, 4) is 0 Å². The molecule has 0 aliphatic heterocycles. The van der Waals surface area contributed by atoms with E-state index in [9.17, 15) is 4.79 Å². The molecule has 2 aromatic carbocycles. The number of rotatable bonds is 1. The molecule has 0 atom stereocenters. The molecule has 0 saturated carbocycles. The number of aromatic nitrogens is 1. The monoisotopic (exact) mass is 197 g/mol. The Labute approximate surface area is 85.3 Å². The van der Waals surface area contributed by atoms with Crippen molar-refractivity contribution in [2.45, 2.75) is 0 Å². The molecule has 3 heteroatoms. The van der Waals surface area contributed by atoms with Gasteiger partial charge in [0, 0.05) is 0 Å². The van der Waals surface area contributed by atoms with Gasteiger partial charge in [0.15, 0.2) is 17.6 Å². The highest BCUT2D eigenvalue weighted by atomic mass is 16.5. The summed E-state index contributed by atoms with van der Waals surface area (Å²) in [5.41, 5.74) is 1.01. The minimum Gasteiger partial charge on any atom is -0.356 e. The molecule has 72 valence electrons. The standard InChI is InChI=1S/C12H7NO2/c14-7-10-12-9-4-2-1-3-8(9)5-6-11(12)15-13-10/h1-7H. The predicted octanol–water partition coefficient (Wildman–Crippen LogP) is 2.79. The van der Waals surface area contributed by atoms with Crippen LogP contribution in [0.1, 0.15) is 10.5 Å². The van der Waals surface area contributed by atoms with Crippen molar-refractivity contribution in [3.63, 3.8) is 0 Å². The molecular weight excluding hydrogens is 190 g/mol. The Hall–Kier alpha value is -2.16. The molecule has 0 aliphatic carbocycles. The maximum absolute atomic E-state index is 10.8. The second-order valence-corrected chi connectivity index (χ2v) is 3.35. The van der Waals surface area contributed by atoms with Gasteiger partial charge in [-0.25, -0.2) is 0 Å². The molecule has 0 aliphatic rings. The third-order valence-electron chi connectivity index (χ3n) is 2.50. The Morgan fingerprint density at radius 3 is 2.87 bits per heavy atom. The van der Waals surface area contributed by atoms with Gasteiger partial charge in [0.1, 0.15) is 0 Å². The van der Waals surface area contributed by atoms with Crippen LogP contribution in [0.2, 0.25) is 0 Å². The fourth-order valence-electron chi connectivity index (χ4n) is 1.82. The smallest absolute Gasteiger partial charge is 0.172 e. The molecule has 0 amide bonds. The van der Waals surface area contributed by atoms with Crippen LogP contribution in [0.15, 0.2) is 40.9 Å². The number of hydrogen-bond acceptors (Lipinski definition) is 3. The summed E-state index contributed by atoms with van der Waals surface area (Å²) in [4.78, 5) is 10.8. The van der Waals surface area contributed by atoms with E-state index in [1.807, 2.05) is 36.4 Å². The molecule has 1 heterocycles. The van der Waals surface area contributed by atoms with E-state index in [1.54, 1.807) is 0 Å². The summed E-state index contributed by atoms with van der Waals surface area (Å²) in [6.45, 7) is 0. The highest BCUT2D eigenvalue weighted by Crippen LogP contribution is 2.27. The summed E-state index contributed by atoms with van der Waals surface area (Å²) >= 11 is 0. The third kappa shape index (κ3) is 1.06. The lowest BCUT2D eigenvalue weighted by Gasteiger charge is -1.96. The summed E-state index contributed by atoms with van der Waals surface area (Å²) in [6.07, 6.45) is 0.721. The van der Waals surface area contributed by atoms with Gasteiger partial charge < -0.3 is 4.52 Å². The van der Waals surface area contributed by atoms with Crippen LogP contribution in [-0.4, -0.2) is 11.4 Å². The number of carbonyl (C=O) groups is 1. The Kier molecular flexibility index (Phi) is 1.59. The molecule has 1 aromatic heterocycles. The van der Waals surface area contributed by atoms with E-state index in [0.29, 0.717) is 11.3 Å².